The van der Waals surface area contributed by atoms with Crippen LogP contribution in [0.4, 0.5) is 20.4 Å². The highest BCUT2D eigenvalue weighted by molar-refractivity contribution is 7.97. The van der Waals surface area contributed by atoms with Gasteiger partial charge in [-0.2, -0.15) is 0 Å². The zero-order chi connectivity index (χ0) is 25.8. The molecule has 1 saturated heterocycles. The van der Waals surface area contributed by atoms with Crippen molar-refractivity contribution in [2.75, 3.05) is 23.3 Å². The van der Waals surface area contributed by atoms with Crippen LogP contribution in [0.3, 0.4) is 0 Å². The first-order chi connectivity index (χ1) is 16.4. The third-order valence-corrected chi connectivity index (χ3v) is 6.98. The first-order valence-corrected chi connectivity index (χ1v) is 13.3. The number of rotatable bonds is 8. The Hall–Kier alpha value is -2.50. The summed E-state index contributed by atoms with van der Waals surface area (Å²) in [5, 5.41) is 6.57. The Morgan fingerprint density at radius 1 is 1.11 bits per heavy atom. The Kier molecular flexibility index (Phi) is 8.89. The second-order valence-corrected chi connectivity index (χ2v) is 11.8. The van der Waals surface area contributed by atoms with E-state index in [1.807, 2.05) is 52.1 Å². The standard InChI is InChI=1S/C24H35N5O4S2/c1-14(2)32-22(30)26-16-8-9-18(19(10-16)35-28-24(5,6)7)20-11-25-21(34-20)29-12-17(13-29)27-23(31)33-15(3)4/h8-11,14-15,17,28H,12-13H2,1-7H3,(H,26,30)(H,27,31). The van der Waals surface area contributed by atoms with Gasteiger partial charge in [0, 0.05) is 41.0 Å². The van der Waals surface area contributed by atoms with E-state index in [2.05, 4.69) is 46.0 Å². The SMILES string of the molecule is CC(C)OC(=O)Nc1ccc(-c2cnc(N3CC(NC(=O)OC(C)C)C3)s2)c(SNC(C)(C)C)c1. The summed E-state index contributed by atoms with van der Waals surface area (Å²) in [5.74, 6) is 0. The van der Waals surface area contributed by atoms with Crippen molar-refractivity contribution in [3.63, 3.8) is 0 Å². The number of aromatic nitrogens is 1. The topological polar surface area (TPSA) is 105 Å². The number of anilines is 2. The number of thiazole rings is 1. The molecule has 1 aliphatic rings. The van der Waals surface area contributed by atoms with E-state index >= 15 is 0 Å². The van der Waals surface area contributed by atoms with Crippen LogP contribution in [0.25, 0.3) is 10.4 Å². The van der Waals surface area contributed by atoms with Crippen LogP contribution >= 0.6 is 23.3 Å². The Morgan fingerprint density at radius 3 is 2.40 bits per heavy atom. The van der Waals surface area contributed by atoms with Gasteiger partial charge in [-0.15, -0.1) is 0 Å². The molecule has 1 aromatic heterocycles. The number of benzene rings is 1. The monoisotopic (exact) mass is 521 g/mol. The van der Waals surface area contributed by atoms with Crippen molar-refractivity contribution in [2.24, 2.45) is 0 Å². The van der Waals surface area contributed by atoms with Crippen molar-refractivity contribution >= 4 is 46.3 Å². The first-order valence-electron chi connectivity index (χ1n) is 11.6. The number of hydrogen-bond acceptors (Lipinski definition) is 9. The smallest absolute Gasteiger partial charge is 0.411 e. The van der Waals surface area contributed by atoms with Gasteiger partial charge in [-0.05, 0) is 72.5 Å². The van der Waals surface area contributed by atoms with Gasteiger partial charge in [-0.3, -0.25) is 10.0 Å². The lowest BCUT2D eigenvalue weighted by molar-refractivity contribution is 0.110. The van der Waals surface area contributed by atoms with Gasteiger partial charge in [-0.1, -0.05) is 17.4 Å². The van der Waals surface area contributed by atoms with Gasteiger partial charge >= 0.3 is 12.2 Å². The third-order valence-electron chi connectivity index (χ3n) is 4.61. The van der Waals surface area contributed by atoms with E-state index in [-0.39, 0.29) is 29.9 Å². The summed E-state index contributed by atoms with van der Waals surface area (Å²) < 4.78 is 13.8. The van der Waals surface area contributed by atoms with E-state index in [9.17, 15) is 9.59 Å². The maximum Gasteiger partial charge on any atom is 0.411 e. The summed E-state index contributed by atoms with van der Waals surface area (Å²) in [6.45, 7) is 14.9. The van der Waals surface area contributed by atoms with Crippen molar-refractivity contribution in [3.8, 4) is 10.4 Å². The maximum atomic E-state index is 12.1. The van der Waals surface area contributed by atoms with Crippen LogP contribution < -0.4 is 20.3 Å². The van der Waals surface area contributed by atoms with E-state index in [1.54, 1.807) is 11.3 Å². The van der Waals surface area contributed by atoms with Crippen molar-refractivity contribution < 1.29 is 19.1 Å². The first kappa shape index (κ1) is 27.1. The molecular weight excluding hydrogens is 486 g/mol. The summed E-state index contributed by atoms with van der Waals surface area (Å²) in [6, 6.07) is 5.83. The van der Waals surface area contributed by atoms with Gasteiger partial charge in [-0.25, -0.2) is 14.6 Å². The highest BCUT2D eigenvalue weighted by Gasteiger charge is 2.31. The number of ether oxygens (including phenoxy) is 2. The molecule has 192 valence electrons. The maximum absolute atomic E-state index is 12.1. The van der Waals surface area contributed by atoms with E-state index in [4.69, 9.17) is 9.47 Å². The molecule has 0 atom stereocenters. The van der Waals surface area contributed by atoms with E-state index < -0.39 is 6.09 Å². The molecule has 0 saturated carbocycles. The molecule has 3 rings (SSSR count). The largest absolute Gasteiger partial charge is 0.447 e. The Balaban J connectivity index is 1.71. The minimum atomic E-state index is -0.481. The number of nitrogens with zero attached hydrogens (tertiary/aromatic N) is 2. The zero-order valence-corrected chi connectivity index (χ0v) is 22.9. The number of amides is 2. The molecule has 2 aromatic rings. The molecule has 1 fully saturated rings. The fourth-order valence-corrected chi connectivity index (χ4v) is 5.06. The molecule has 3 N–H and O–H groups in total. The van der Waals surface area contributed by atoms with Gasteiger partial charge < -0.3 is 19.7 Å². The lowest BCUT2D eigenvalue weighted by atomic mass is 10.1. The van der Waals surface area contributed by atoms with Crippen molar-refractivity contribution in [1.29, 1.82) is 0 Å². The molecule has 2 heterocycles. The molecule has 0 bridgehead atoms. The van der Waals surface area contributed by atoms with Gasteiger partial charge in [0.05, 0.1) is 23.1 Å². The molecule has 1 aliphatic heterocycles. The summed E-state index contributed by atoms with van der Waals surface area (Å²) in [7, 11) is 0. The number of carbonyl (C=O) groups is 2. The number of hydrogen-bond donors (Lipinski definition) is 3. The number of carbonyl (C=O) groups excluding carboxylic acids is 2. The molecule has 0 spiro atoms. The quantitative estimate of drug-likeness (QED) is 0.392. The van der Waals surface area contributed by atoms with Crippen LogP contribution in [0.15, 0.2) is 29.3 Å². The van der Waals surface area contributed by atoms with Gasteiger partial charge in [0.15, 0.2) is 5.13 Å². The normalized spacial score (nSPS) is 14.1. The van der Waals surface area contributed by atoms with E-state index in [1.165, 1.54) is 11.9 Å². The molecule has 35 heavy (non-hydrogen) atoms. The second kappa shape index (κ2) is 11.5. The lowest BCUT2D eigenvalue weighted by Gasteiger charge is -2.39. The van der Waals surface area contributed by atoms with Crippen molar-refractivity contribution in [1.82, 2.24) is 15.0 Å². The molecule has 11 heteroatoms. The fraction of sp³-hybridized carbons (Fsp3) is 0.542. The van der Waals surface area contributed by atoms with E-state index in [0.29, 0.717) is 18.8 Å². The van der Waals surface area contributed by atoms with Gasteiger partial charge in [0.2, 0.25) is 0 Å². The molecule has 0 radical (unpaired) electrons. The molecule has 1 aromatic carbocycles. The molecule has 2 amide bonds. The summed E-state index contributed by atoms with van der Waals surface area (Å²) in [4.78, 5) is 32.6. The predicted octanol–water partition coefficient (Wildman–Crippen LogP) is 5.49. The van der Waals surface area contributed by atoms with Crippen LogP contribution in [0.1, 0.15) is 48.5 Å². The highest BCUT2D eigenvalue weighted by Crippen LogP contribution is 2.39. The number of alkyl carbamates (subject to hydrolysis) is 1. The van der Waals surface area contributed by atoms with Crippen molar-refractivity contribution in [2.45, 2.75) is 77.2 Å². The second-order valence-electron chi connectivity index (χ2n) is 9.95. The average molecular weight is 522 g/mol. The van der Waals surface area contributed by atoms with Gasteiger partial charge in [0.1, 0.15) is 0 Å². The number of nitrogens with one attached hydrogen (secondary N) is 3. The lowest BCUT2D eigenvalue weighted by Crippen LogP contribution is -2.59. The molecular formula is C24H35N5O4S2. The molecule has 0 unspecified atom stereocenters. The van der Waals surface area contributed by atoms with Crippen LogP contribution in [0.2, 0.25) is 0 Å². The Morgan fingerprint density at radius 2 is 1.77 bits per heavy atom. The van der Waals surface area contributed by atoms with Crippen LogP contribution in [-0.4, -0.2) is 54.0 Å². The van der Waals surface area contributed by atoms with Crippen molar-refractivity contribution in [3.05, 3.63) is 24.4 Å². The summed E-state index contributed by atoms with van der Waals surface area (Å²) in [5.41, 5.74) is 1.58. The Labute approximate surface area is 215 Å². The highest BCUT2D eigenvalue weighted by atomic mass is 32.2. The fourth-order valence-electron chi connectivity index (χ4n) is 3.13. The third kappa shape index (κ3) is 8.29. The average Bonchev–Trinajstić information content (AvgIpc) is 3.16. The minimum absolute atomic E-state index is 0.0478. The van der Waals surface area contributed by atoms with Crippen LogP contribution in [0.5, 0.6) is 0 Å². The molecule has 0 aliphatic carbocycles. The summed E-state index contributed by atoms with van der Waals surface area (Å²) in [6.07, 6.45) is 0.660. The molecule has 9 nitrogen and oxygen atoms in total. The minimum Gasteiger partial charge on any atom is -0.447 e. The van der Waals surface area contributed by atoms with E-state index in [0.717, 1.165) is 20.5 Å². The van der Waals surface area contributed by atoms with Gasteiger partial charge in [0.25, 0.3) is 0 Å². The Bertz CT molecular complexity index is 1030. The zero-order valence-electron chi connectivity index (χ0n) is 21.3. The summed E-state index contributed by atoms with van der Waals surface area (Å²) >= 11 is 3.11. The predicted molar refractivity (Wildman–Crippen MR) is 142 cm³/mol. The van der Waals surface area contributed by atoms with Crippen LogP contribution in [-0.2, 0) is 9.47 Å². The van der Waals surface area contributed by atoms with Crippen LogP contribution in [0, 0.1) is 0 Å².